The van der Waals surface area contributed by atoms with Crippen LogP contribution in [0.25, 0.3) is 0 Å². The number of carbonyl (C=O) groups is 2. The normalized spacial score (nSPS) is 16.4. The van der Waals surface area contributed by atoms with E-state index >= 15 is 0 Å². The fourth-order valence-corrected chi connectivity index (χ4v) is 2.14. The molecule has 0 heterocycles. The van der Waals surface area contributed by atoms with Crippen LogP contribution in [0, 0.1) is 0 Å². The van der Waals surface area contributed by atoms with Crippen LogP contribution in [0.1, 0.15) is 30.4 Å². The largest absolute Gasteiger partial charge is 0.466 e. The fourth-order valence-electron chi connectivity index (χ4n) is 2.14. The minimum atomic E-state index is -0.271. The van der Waals surface area contributed by atoms with Crippen LogP contribution in [0.5, 0.6) is 0 Å². The van der Waals surface area contributed by atoms with Crippen molar-refractivity contribution in [3.63, 3.8) is 0 Å². The number of ether oxygens (including phenoxy) is 1. The first kappa shape index (κ1) is 12.6. The zero-order valence-corrected chi connectivity index (χ0v) is 10.4. The van der Waals surface area contributed by atoms with Crippen LogP contribution in [0.4, 0.5) is 0 Å². The highest BCUT2D eigenvalue weighted by Gasteiger charge is 2.31. The van der Waals surface area contributed by atoms with E-state index in [1.165, 1.54) is 5.56 Å². The van der Waals surface area contributed by atoms with Gasteiger partial charge in [-0.2, -0.15) is 0 Å². The molecule has 0 bridgehead atoms. The zero-order valence-electron chi connectivity index (χ0n) is 10.4. The van der Waals surface area contributed by atoms with Crippen molar-refractivity contribution in [2.45, 2.75) is 25.7 Å². The van der Waals surface area contributed by atoms with Gasteiger partial charge in [0.1, 0.15) is 0 Å². The van der Waals surface area contributed by atoms with Crippen LogP contribution in [0.15, 0.2) is 24.3 Å². The predicted molar refractivity (Wildman–Crippen MR) is 67.1 cm³/mol. The number of fused-ring (bicyclic) bond motifs is 1. The van der Waals surface area contributed by atoms with Gasteiger partial charge >= 0.3 is 5.97 Å². The SMILES string of the molecule is CCOC(=O)CCNC(=O)C1Cc2ccccc21. The molecular formula is C14H17NO3. The Labute approximate surface area is 106 Å². The second kappa shape index (κ2) is 5.67. The molecule has 0 radical (unpaired) electrons. The van der Waals surface area contributed by atoms with Crippen molar-refractivity contribution >= 4 is 11.9 Å². The lowest BCUT2D eigenvalue weighted by atomic mass is 9.77. The highest BCUT2D eigenvalue weighted by Crippen LogP contribution is 2.34. The van der Waals surface area contributed by atoms with E-state index in [0.717, 1.165) is 12.0 Å². The Bertz CT molecular complexity index is 456. The molecule has 0 aliphatic heterocycles. The Morgan fingerprint density at radius 2 is 2.17 bits per heavy atom. The summed E-state index contributed by atoms with van der Waals surface area (Å²) in [6, 6.07) is 7.94. The first-order valence-electron chi connectivity index (χ1n) is 6.23. The molecule has 4 nitrogen and oxygen atoms in total. The second-order valence-electron chi connectivity index (χ2n) is 4.30. The quantitative estimate of drug-likeness (QED) is 0.800. The molecule has 1 aromatic rings. The Kier molecular flexibility index (Phi) is 3.97. The van der Waals surface area contributed by atoms with Crippen molar-refractivity contribution < 1.29 is 14.3 Å². The third kappa shape index (κ3) is 2.70. The van der Waals surface area contributed by atoms with Gasteiger partial charge in [-0.1, -0.05) is 24.3 Å². The average Bonchev–Trinajstić information content (AvgIpc) is 2.31. The maximum atomic E-state index is 11.9. The van der Waals surface area contributed by atoms with Crippen molar-refractivity contribution in [1.29, 1.82) is 0 Å². The van der Waals surface area contributed by atoms with Gasteiger partial charge in [0.25, 0.3) is 0 Å². The molecule has 0 saturated carbocycles. The molecule has 4 heteroatoms. The molecule has 1 unspecified atom stereocenters. The molecular weight excluding hydrogens is 230 g/mol. The van der Waals surface area contributed by atoms with E-state index in [4.69, 9.17) is 4.74 Å². The van der Waals surface area contributed by atoms with Gasteiger partial charge in [0.2, 0.25) is 5.91 Å². The number of amides is 1. The fraction of sp³-hybridized carbons (Fsp3) is 0.429. The number of esters is 1. The van der Waals surface area contributed by atoms with Gasteiger partial charge < -0.3 is 10.1 Å². The van der Waals surface area contributed by atoms with Gasteiger partial charge in [-0.05, 0) is 24.5 Å². The first-order chi connectivity index (χ1) is 8.72. The zero-order chi connectivity index (χ0) is 13.0. The van der Waals surface area contributed by atoms with Gasteiger partial charge in [-0.15, -0.1) is 0 Å². The van der Waals surface area contributed by atoms with Crippen molar-refractivity contribution in [3.05, 3.63) is 35.4 Å². The van der Waals surface area contributed by atoms with Crippen LogP contribution in [-0.4, -0.2) is 25.0 Å². The standard InChI is InChI=1S/C14H17NO3/c1-2-18-13(16)7-8-15-14(17)12-9-10-5-3-4-6-11(10)12/h3-6,12H,2,7-9H2,1H3,(H,15,17). The minimum absolute atomic E-state index is 0.00185. The molecule has 0 saturated heterocycles. The maximum Gasteiger partial charge on any atom is 0.307 e. The van der Waals surface area contributed by atoms with Gasteiger partial charge in [0, 0.05) is 6.54 Å². The van der Waals surface area contributed by atoms with E-state index in [0.29, 0.717) is 13.2 Å². The Balaban J connectivity index is 1.76. The molecule has 96 valence electrons. The predicted octanol–water partition coefficient (Wildman–Crippen LogP) is 1.40. The number of hydrogen-bond donors (Lipinski definition) is 1. The van der Waals surface area contributed by atoms with Gasteiger partial charge in [-0.25, -0.2) is 0 Å². The summed E-state index contributed by atoms with van der Waals surface area (Å²) in [7, 11) is 0. The molecule has 18 heavy (non-hydrogen) atoms. The minimum Gasteiger partial charge on any atom is -0.466 e. The highest BCUT2D eigenvalue weighted by molar-refractivity contribution is 5.87. The Hall–Kier alpha value is -1.84. The van der Waals surface area contributed by atoms with Crippen molar-refractivity contribution in [1.82, 2.24) is 5.32 Å². The van der Waals surface area contributed by atoms with Crippen molar-refractivity contribution in [3.8, 4) is 0 Å². The molecule has 1 N–H and O–H groups in total. The lowest BCUT2D eigenvalue weighted by Crippen LogP contribution is -2.36. The summed E-state index contributed by atoms with van der Waals surface area (Å²) >= 11 is 0. The molecule has 1 amide bonds. The summed E-state index contributed by atoms with van der Waals surface area (Å²) in [5.74, 6) is -0.326. The molecule has 1 aliphatic rings. The molecule has 1 aromatic carbocycles. The molecule has 0 spiro atoms. The summed E-state index contributed by atoms with van der Waals surface area (Å²) in [4.78, 5) is 23.0. The third-order valence-corrected chi connectivity index (χ3v) is 3.10. The highest BCUT2D eigenvalue weighted by atomic mass is 16.5. The Morgan fingerprint density at radius 3 is 2.89 bits per heavy atom. The molecule has 1 aliphatic carbocycles. The van der Waals surface area contributed by atoms with Crippen LogP contribution in [0.3, 0.4) is 0 Å². The second-order valence-corrected chi connectivity index (χ2v) is 4.30. The summed E-state index contributed by atoms with van der Waals surface area (Å²) in [5, 5.41) is 2.78. The van der Waals surface area contributed by atoms with Crippen LogP contribution < -0.4 is 5.32 Å². The summed E-state index contributed by atoms with van der Waals surface area (Å²) < 4.78 is 4.79. The van der Waals surface area contributed by atoms with E-state index in [1.807, 2.05) is 24.3 Å². The summed E-state index contributed by atoms with van der Waals surface area (Å²) in [6.45, 7) is 2.49. The van der Waals surface area contributed by atoms with Crippen LogP contribution in [0.2, 0.25) is 0 Å². The van der Waals surface area contributed by atoms with Crippen molar-refractivity contribution in [2.24, 2.45) is 0 Å². The van der Waals surface area contributed by atoms with Crippen LogP contribution in [-0.2, 0) is 20.7 Å². The molecule has 1 atom stereocenters. The van der Waals surface area contributed by atoms with E-state index in [-0.39, 0.29) is 24.2 Å². The van der Waals surface area contributed by atoms with E-state index in [9.17, 15) is 9.59 Å². The monoisotopic (exact) mass is 247 g/mol. The third-order valence-electron chi connectivity index (χ3n) is 3.10. The van der Waals surface area contributed by atoms with Crippen LogP contribution >= 0.6 is 0 Å². The van der Waals surface area contributed by atoms with E-state index in [1.54, 1.807) is 6.92 Å². The number of benzene rings is 1. The smallest absolute Gasteiger partial charge is 0.307 e. The molecule has 2 rings (SSSR count). The molecule has 0 fully saturated rings. The van der Waals surface area contributed by atoms with Gasteiger partial charge in [0.05, 0.1) is 18.9 Å². The lowest BCUT2D eigenvalue weighted by molar-refractivity contribution is -0.143. The van der Waals surface area contributed by atoms with E-state index in [2.05, 4.69) is 5.32 Å². The number of rotatable bonds is 5. The maximum absolute atomic E-state index is 11.9. The molecule has 0 aromatic heterocycles. The first-order valence-corrected chi connectivity index (χ1v) is 6.23. The van der Waals surface area contributed by atoms with Crippen molar-refractivity contribution in [2.75, 3.05) is 13.2 Å². The van der Waals surface area contributed by atoms with Gasteiger partial charge in [-0.3, -0.25) is 9.59 Å². The number of hydrogen-bond acceptors (Lipinski definition) is 3. The average molecular weight is 247 g/mol. The van der Waals surface area contributed by atoms with E-state index < -0.39 is 0 Å². The number of nitrogens with one attached hydrogen (secondary N) is 1. The summed E-state index contributed by atoms with van der Waals surface area (Å²) in [5.41, 5.74) is 2.34. The topological polar surface area (TPSA) is 55.4 Å². The summed E-state index contributed by atoms with van der Waals surface area (Å²) in [6.07, 6.45) is 1.02. The Morgan fingerprint density at radius 1 is 1.39 bits per heavy atom. The lowest BCUT2D eigenvalue weighted by Gasteiger charge is -2.28. The van der Waals surface area contributed by atoms with Gasteiger partial charge in [0.15, 0.2) is 0 Å². The number of carbonyl (C=O) groups excluding carboxylic acids is 2.